The van der Waals surface area contributed by atoms with Crippen molar-refractivity contribution in [3.05, 3.63) is 63.4 Å². The summed E-state index contributed by atoms with van der Waals surface area (Å²) >= 11 is 12.0. The Hall–Kier alpha value is -1.09. The SMILES string of the molecule is CCc1cnccc1C(O)c1cc(Cl)ccc1Cl. The van der Waals surface area contributed by atoms with Crippen LogP contribution in [0.25, 0.3) is 0 Å². The predicted molar refractivity (Wildman–Crippen MR) is 74.1 cm³/mol. The van der Waals surface area contributed by atoms with Gasteiger partial charge in [0.05, 0.1) is 0 Å². The van der Waals surface area contributed by atoms with Crippen molar-refractivity contribution >= 4 is 23.2 Å². The maximum Gasteiger partial charge on any atom is 0.106 e. The largest absolute Gasteiger partial charge is 0.384 e. The van der Waals surface area contributed by atoms with Crippen molar-refractivity contribution in [1.82, 2.24) is 4.98 Å². The number of benzene rings is 1. The molecule has 0 bridgehead atoms. The van der Waals surface area contributed by atoms with Crippen molar-refractivity contribution in [3.63, 3.8) is 0 Å². The Balaban J connectivity index is 2.47. The Morgan fingerprint density at radius 3 is 2.72 bits per heavy atom. The molecule has 2 rings (SSSR count). The van der Waals surface area contributed by atoms with Gasteiger partial charge in [0.15, 0.2) is 0 Å². The zero-order chi connectivity index (χ0) is 13.1. The highest BCUT2D eigenvalue weighted by Crippen LogP contribution is 2.31. The van der Waals surface area contributed by atoms with Gasteiger partial charge in [-0.05, 0) is 41.8 Å². The first-order valence-corrected chi connectivity index (χ1v) is 6.45. The average molecular weight is 282 g/mol. The van der Waals surface area contributed by atoms with E-state index in [1.54, 1.807) is 36.7 Å². The standard InChI is InChI=1S/C14H13Cl2NO/c1-2-9-8-17-6-5-11(9)14(18)12-7-10(15)3-4-13(12)16/h3-8,14,18H,2H2,1H3. The minimum absolute atomic E-state index is 0.505. The van der Waals surface area contributed by atoms with Crippen LogP contribution in [0.4, 0.5) is 0 Å². The van der Waals surface area contributed by atoms with Gasteiger partial charge in [-0.3, -0.25) is 4.98 Å². The molecule has 0 saturated heterocycles. The molecular weight excluding hydrogens is 269 g/mol. The van der Waals surface area contributed by atoms with E-state index in [4.69, 9.17) is 23.2 Å². The summed E-state index contributed by atoms with van der Waals surface area (Å²) in [6.07, 6.45) is 3.44. The molecule has 4 heteroatoms. The highest BCUT2D eigenvalue weighted by atomic mass is 35.5. The normalized spacial score (nSPS) is 12.4. The van der Waals surface area contributed by atoms with Crippen molar-refractivity contribution in [2.24, 2.45) is 0 Å². The second-order valence-corrected chi connectivity index (χ2v) is 4.84. The zero-order valence-corrected chi connectivity index (χ0v) is 11.4. The molecule has 1 aromatic carbocycles. The van der Waals surface area contributed by atoms with Gasteiger partial charge >= 0.3 is 0 Å². The van der Waals surface area contributed by atoms with Gasteiger partial charge in [0, 0.05) is 28.0 Å². The Kier molecular flexibility index (Phi) is 4.23. The molecule has 18 heavy (non-hydrogen) atoms. The molecule has 0 saturated carbocycles. The Bertz CT molecular complexity index is 557. The molecule has 1 atom stereocenters. The number of pyridine rings is 1. The summed E-state index contributed by atoms with van der Waals surface area (Å²) in [6, 6.07) is 6.89. The number of aliphatic hydroxyl groups excluding tert-OH is 1. The molecule has 2 nitrogen and oxygen atoms in total. The van der Waals surface area contributed by atoms with Crippen LogP contribution in [0, 0.1) is 0 Å². The molecule has 0 aliphatic carbocycles. The van der Waals surface area contributed by atoms with Crippen molar-refractivity contribution < 1.29 is 5.11 Å². The number of halogens is 2. The van der Waals surface area contributed by atoms with Gasteiger partial charge in [-0.1, -0.05) is 30.1 Å². The summed E-state index contributed by atoms with van der Waals surface area (Å²) in [5, 5.41) is 11.5. The second-order valence-electron chi connectivity index (χ2n) is 4.00. The molecule has 1 unspecified atom stereocenters. The molecule has 0 aliphatic heterocycles. The number of aromatic nitrogens is 1. The van der Waals surface area contributed by atoms with Crippen LogP contribution < -0.4 is 0 Å². The van der Waals surface area contributed by atoms with Crippen LogP contribution in [0.15, 0.2) is 36.7 Å². The first-order chi connectivity index (χ1) is 8.63. The minimum Gasteiger partial charge on any atom is -0.384 e. The van der Waals surface area contributed by atoms with Crippen LogP contribution in [0.3, 0.4) is 0 Å². The zero-order valence-electron chi connectivity index (χ0n) is 9.90. The van der Waals surface area contributed by atoms with Gasteiger partial charge in [-0.25, -0.2) is 0 Å². The predicted octanol–water partition coefficient (Wildman–Crippen LogP) is 4.03. The van der Waals surface area contributed by atoms with Gasteiger partial charge in [0.25, 0.3) is 0 Å². The summed E-state index contributed by atoms with van der Waals surface area (Å²) in [6.45, 7) is 2.02. The van der Waals surface area contributed by atoms with Gasteiger partial charge in [0.2, 0.25) is 0 Å². The molecule has 0 radical (unpaired) electrons. The molecule has 94 valence electrons. The number of rotatable bonds is 3. The number of nitrogens with zero attached hydrogens (tertiary/aromatic N) is 1. The quantitative estimate of drug-likeness (QED) is 0.921. The molecular formula is C14H13Cl2NO. The smallest absolute Gasteiger partial charge is 0.106 e. The third-order valence-corrected chi connectivity index (χ3v) is 3.45. The third kappa shape index (κ3) is 2.66. The fourth-order valence-corrected chi connectivity index (χ4v) is 2.29. The van der Waals surface area contributed by atoms with Crippen LogP contribution >= 0.6 is 23.2 Å². The van der Waals surface area contributed by atoms with Crippen molar-refractivity contribution in [3.8, 4) is 0 Å². The fraction of sp³-hybridized carbons (Fsp3) is 0.214. The lowest BCUT2D eigenvalue weighted by atomic mass is 9.97. The van der Waals surface area contributed by atoms with Crippen LogP contribution in [0.2, 0.25) is 10.0 Å². The van der Waals surface area contributed by atoms with E-state index in [-0.39, 0.29) is 0 Å². The molecule has 0 amide bonds. The number of aryl methyl sites for hydroxylation is 1. The van der Waals surface area contributed by atoms with Crippen molar-refractivity contribution in [2.75, 3.05) is 0 Å². The lowest BCUT2D eigenvalue weighted by molar-refractivity contribution is 0.219. The van der Waals surface area contributed by atoms with E-state index < -0.39 is 6.10 Å². The Labute approximate surface area is 116 Å². The van der Waals surface area contributed by atoms with Gasteiger partial charge in [-0.15, -0.1) is 0 Å². The summed E-state index contributed by atoms with van der Waals surface area (Å²) < 4.78 is 0. The topological polar surface area (TPSA) is 33.1 Å². The highest BCUT2D eigenvalue weighted by Gasteiger charge is 2.17. The molecule has 2 aromatic rings. The molecule has 1 aromatic heterocycles. The van der Waals surface area contributed by atoms with Gasteiger partial charge < -0.3 is 5.11 Å². The second kappa shape index (κ2) is 5.70. The lowest BCUT2D eigenvalue weighted by Gasteiger charge is -2.16. The van der Waals surface area contributed by atoms with Gasteiger partial charge in [-0.2, -0.15) is 0 Å². The summed E-state index contributed by atoms with van der Waals surface area (Å²) in [7, 11) is 0. The first kappa shape index (κ1) is 13.3. The molecule has 0 spiro atoms. The van der Waals surface area contributed by atoms with E-state index in [1.807, 2.05) is 6.92 Å². The van der Waals surface area contributed by atoms with Gasteiger partial charge in [0.1, 0.15) is 6.10 Å². The van der Waals surface area contributed by atoms with Crippen molar-refractivity contribution in [2.45, 2.75) is 19.4 Å². The van der Waals surface area contributed by atoms with Crippen molar-refractivity contribution in [1.29, 1.82) is 0 Å². The van der Waals surface area contributed by atoms with Crippen LogP contribution in [-0.4, -0.2) is 10.1 Å². The minimum atomic E-state index is -0.783. The van der Waals surface area contributed by atoms with E-state index in [9.17, 15) is 5.11 Å². The Morgan fingerprint density at radius 1 is 1.22 bits per heavy atom. The number of hydrogen-bond acceptors (Lipinski definition) is 2. The van der Waals surface area contributed by atoms with E-state index in [2.05, 4.69) is 4.98 Å². The lowest BCUT2D eigenvalue weighted by Crippen LogP contribution is -2.04. The molecule has 0 fully saturated rings. The molecule has 1 heterocycles. The molecule has 0 aliphatic rings. The summed E-state index contributed by atoms with van der Waals surface area (Å²) in [5.41, 5.74) is 2.43. The van der Waals surface area contributed by atoms with Crippen LogP contribution in [0.5, 0.6) is 0 Å². The number of hydrogen-bond donors (Lipinski definition) is 1. The van der Waals surface area contributed by atoms with E-state index >= 15 is 0 Å². The molecule has 1 N–H and O–H groups in total. The maximum atomic E-state index is 10.4. The fourth-order valence-electron chi connectivity index (χ4n) is 1.89. The average Bonchev–Trinajstić information content (AvgIpc) is 2.40. The maximum absolute atomic E-state index is 10.4. The van der Waals surface area contributed by atoms with Crippen LogP contribution in [0.1, 0.15) is 29.7 Å². The van der Waals surface area contributed by atoms with E-state index in [0.29, 0.717) is 15.6 Å². The summed E-state index contributed by atoms with van der Waals surface area (Å²) in [4.78, 5) is 4.06. The highest BCUT2D eigenvalue weighted by molar-refractivity contribution is 6.33. The third-order valence-electron chi connectivity index (χ3n) is 2.87. The van der Waals surface area contributed by atoms with E-state index in [1.165, 1.54) is 0 Å². The number of aliphatic hydroxyl groups is 1. The Morgan fingerprint density at radius 2 is 2.00 bits per heavy atom. The van der Waals surface area contributed by atoms with Crippen LogP contribution in [-0.2, 0) is 6.42 Å². The summed E-state index contributed by atoms with van der Waals surface area (Å²) in [5.74, 6) is 0. The first-order valence-electron chi connectivity index (χ1n) is 5.69. The monoisotopic (exact) mass is 281 g/mol. The van der Waals surface area contributed by atoms with E-state index in [0.717, 1.165) is 17.5 Å².